The minimum Gasteiger partial charge on any atom is -0.356 e. The van der Waals surface area contributed by atoms with Gasteiger partial charge in [-0.2, -0.15) is 0 Å². The van der Waals surface area contributed by atoms with Crippen LogP contribution in [0.4, 0.5) is 5.82 Å². The van der Waals surface area contributed by atoms with Crippen LogP contribution in [0.2, 0.25) is 0 Å². The summed E-state index contributed by atoms with van der Waals surface area (Å²) in [5.74, 6) is 0.938. The van der Waals surface area contributed by atoms with Crippen LogP contribution in [0.3, 0.4) is 0 Å². The second kappa shape index (κ2) is 5.48. The molecule has 8 nitrogen and oxygen atoms in total. The SMILES string of the molecule is CN(c1ncnc2[nH]ccc12)C1CC2(C1)CN(C(=O)c1cnccn1)C2. The van der Waals surface area contributed by atoms with Gasteiger partial charge in [0.25, 0.3) is 5.91 Å². The molecule has 26 heavy (non-hydrogen) atoms. The van der Waals surface area contributed by atoms with Crippen LogP contribution >= 0.6 is 0 Å². The summed E-state index contributed by atoms with van der Waals surface area (Å²) in [4.78, 5) is 36.4. The summed E-state index contributed by atoms with van der Waals surface area (Å²) in [7, 11) is 2.09. The van der Waals surface area contributed by atoms with Gasteiger partial charge >= 0.3 is 0 Å². The van der Waals surface area contributed by atoms with E-state index >= 15 is 0 Å². The van der Waals surface area contributed by atoms with Gasteiger partial charge in [0.2, 0.25) is 0 Å². The van der Waals surface area contributed by atoms with E-state index in [4.69, 9.17) is 0 Å². The third-order valence-electron chi connectivity index (χ3n) is 5.67. The Hall–Kier alpha value is -3.03. The lowest BCUT2D eigenvalue weighted by atomic mass is 9.60. The summed E-state index contributed by atoms with van der Waals surface area (Å²) in [6.45, 7) is 1.60. The number of likely N-dealkylation sites (tertiary alicyclic amines) is 1. The number of carbonyl (C=O) groups is 1. The molecule has 8 heteroatoms. The van der Waals surface area contributed by atoms with Crippen LogP contribution in [0.15, 0.2) is 37.2 Å². The summed E-state index contributed by atoms with van der Waals surface area (Å²) in [6.07, 6.45) is 10.3. The third kappa shape index (κ3) is 2.25. The van der Waals surface area contributed by atoms with E-state index in [9.17, 15) is 4.79 Å². The highest BCUT2D eigenvalue weighted by atomic mass is 16.2. The van der Waals surface area contributed by atoms with E-state index in [1.807, 2.05) is 17.2 Å². The number of amides is 1. The van der Waals surface area contributed by atoms with Crippen molar-refractivity contribution in [3.05, 3.63) is 42.9 Å². The van der Waals surface area contributed by atoms with Gasteiger partial charge in [0.05, 0.1) is 11.6 Å². The van der Waals surface area contributed by atoms with Crippen LogP contribution in [-0.4, -0.2) is 61.9 Å². The molecule has 4 heterocycles. The smallest absolute Gasteiger partial charge is 0.274 e. The minimum atomic E-state index is -0.0228. The molecule has 3 aromatic heterocycles. The maximum absolute atomic E-state index is 12.4. The van der Waals surface area contributed by atoms with Gasteiger partial charge < -0.3 is 14.8 Å². The van der Waals surface area contributed by atoms with Gasteiger partial charge in [-0.25, -0.2) is 15.0 Å². The van der Waals surface area contributed by atoms with Crippen molar-refractivity contribution in [1.82, 2.24) is 29.8 Å². The second-order valence-corrected chi connectivity index (χ2v) is 7.36. The molecule has 1 saturated carbocycles. The van der Waals surface area contributed by atoms with Crippen molar-refractivity contribution in [2.24, 2.45) is 5.41 Å². The van der Waals surface area contributed by atoms with E-state index in [1.54, 1.807) is 18.7 Å². The normalized spacial score (nSPS) is 18.6. The molecule has 0 atom stereocenters. The molecule has 2 fully saturated rings. The Morgan fingerprint density at radius 3 is 2.88 bits per heavy atom. The molecule has 3 aromatic rings. The first-order valence-electron chi connectivity index (χ1n) is 8.71. The molecule has 0 aromatic carbocycles. The average molecular weight is 349 g/mol. The first-order chi connectivity index (χ1) is 12.7. The van der Waals surface area contributed by atoms with Crippen molar-refractivity contribution in [3.8, 4) is 0 Å². The Kier molecular flexibility index (Phi) is 3.22. The molecule has 1 aliphatic carbocycles. The zero-order chi connectivity index (χ0) is 17.7. The molecule has 0 unspecified atom stereocenters. The fourth-order valence-electron chi connectivity index (χ4n) is 4.26. The van der Waals surface area contributed by atoms with Crippen LogP contribution in [0.1, 0.15) is 23.3 Å². The Morgan fingerprint density at radius 2 is 2.12 bits per heavy atom. The van der Waals surface area contributed by atoms with E-state index in [-0.39, 0.29) is 11.3 Å². The zero-order valence-electron chi connectivity index (χ0n) is 14.5. The number of fused-ring (bicyclic) bond motifs is 1. The van der Waals surface area contributed by atoms with Gasteiger partial charge in [-0.15, -0.1) is 0 Å². The van der Waals surface area contributed by atoms with E-state index in [0.717, 1.165) is 42.8 Å². The van der Waals surface area contributed by atoms with Crippen molar-refractivity contribution in [2.45, 2.75) is 18.9 Å². The first-order valence-corrected chi connectivity index (χ1v) is 8.71. The number of H-pyrrole nitrogens is 1. The van der Waals surface area contributed by atoms with Crippen molar-refractivity contribution in [1.29, 1.82) is 0 Å². The molecule has 0 bridgehead atoms. The van der Waals surface area contributed by atoms with Crippen LogP contribution in [0.5, 0.6) is 0 Å². The third-order valence-corrected chi connectivity index (χ3v) is 5.67. The van der Waals surface area contributed by atoms with Crippen LogP contribution in [0, 0.1) is 5.41 Å². The Balaban J connectivity index is 1.23. The summed E-state index contributed by atoms with van der Waals surface area (Å²) >= 11 is 0. The number of nitrogens with zero attached hydrogens (tertiary/aromatic N) is 6. The molecule has 0 radical (unpaired) electrons. The maximum Gasteiger partial charge on any atom is 0.274 e. The average Bonchev–Trinajstić information content (AvgIpc) is 3.08. The number of rotatable bonds is 3. The van der Waals surface area contributed by atoms with Crippen molar-refractivity contribution in [3.63, 3.8) is 0 Å². The zero-order valence-corrected chi connectivity index (χ0v) is 14.5. The number of aromatic amines is 1. The van der Waals surface area contributed by atoms with Gasteiger partial charge in [-0.1, -0.05) is 0 Å². The number of anilines is 1. The highest BCUT2D eigenvalue weighted by molar-refractivity contribution is 5.92. The number of nitrogens with one attached hydrogen (secondary N) is 1. The molecule has 5 rings (SSSR count). The lowest BCUT2D eigenvalue weighted by Gasteiger charge is -2.60. The highest BCUT2D eigenvalue weighted by Crippen LogP contribution is 2.51. The quantitative estimate of drug-likeness (QED) is 0.770. The van der Waals surface area contributed by atoms with Gasteiger partial charge in [-0.05, 0) is 18.9 Å². The van der Waals surface area contributed by atoms with Crippen molar-refractivity contribution < 1.29 is 4.79 Å². The Bertz CT molecular complexity index is 956. The van der Waals surface area contributed by atoms with Crippen molar-refractivity contribution >= 4 is 22.8 Å². The summed E-state index contributed by atoms with van der Waals surface area (Å²) in [5, 5.41) is 1.05. The van der Waals surface area contributed by atoms with Crippen LogP contribution in [0.25, 0.3) is 11.0 Å². The number of aromatic nitrogens is 5. The van der Waals surface area contributed by atoms with E-state index in [0.29, 0.717) is 11.7 Å². The monoisotopic (exact) mass is 349 g/mol. The molecule has 1 aliphatic heterocycles. The topological polar surface area (TPSA) is 90.9 Å². The highest BCUT2D eigenvalue weighted by Gasteiger charge is 2.55. The van der Waals surface area contributed by atoms with Crippen molar-refractivity contribution in [2.75, 3.05) is 25.0 Å². The van der Waals surface area contributed by atoms with Crippen LogP contribution in [-0.2, 0) is 0 Å². The number of hydrogen-bond donors (Lipinski definition) is 1. The predicted molar refractivity (Wildman–Crippen MR) is 95.7 cm³/mol. The maximum atomic E-state index is 12.4. The van der Waals surface area contributed by atoms with Gasteiger partial charge in [0.1, 0.15) is 23.5 Å². The molecular weight excluding hydrogens is 330 g/mol. The van der Waals surface area contributed by atoms with Gasteiger partial charge in [0.15, 0.2) is 0 Å². The first kappa shape index (κ1) is 15.2. The standard InChI is InChI=1S/C18H19N7O/c1-24(16-13-2-3-21-15(13)22-11-23-16)12-6-18(7-12)9-25(10-18)17(26)14-8-19-4-5-20-14/h2-5,8,11-12H,6-7,9-10H2,1H3,(H,21,22,23). The molecule has 1 N–H and O–H groups in total. The van der Waals surface area contributed by atoms with E-state index < -0.39 is 0 Å². The second-order valence-electron chi connectivity index (χ2n) is 7.36. The fourth-order valence-corrected chi connectivity index (χ4v) is 4.26. The Morgan fingerprint density at radius 1 is 1.27 bits per heavy atom. The molecule has 1 spiro atoms. The van der Waals surface area contributed by atoms with Crippen LogP contribution < -0.4 is 4.90 Å². The molecule has 1 amide bonds. The molecule has 132 valence electrons. The number of carbonyl (C=O) groups excluding carboxylic acids is 1. The minimum absolute atomic E-state index is 0.0228. The number of hydrogen-bond acceptors (Lipinski definition) is 6. The lowest BCUT2D eigenvalue weighted by molar-refractivity contribution is -0.0543. The summed E-state index contributed by atoms with van der Waals surface area (Å²) in [5.41, 5.74) is 1.53. The van der Waals surface area contributed by atoms with Gasteiger partial charge in [0, 0.05) is 50.2 Å². The van der Waals surface area contributed by atoms with E-state index in [1.165, 1.54) is 6.20 Å². The summed E-state index contributed by atoms with van der Waals surface area (Å²) < 4.78 is 0. The largest absolute Gasteiger partial charge is 0.356 e. The molecule has 2 aliphatic rings. The Labute approximate surface area is 150 Å². The molecular formula is C18H19N7O. The van der Waals surface area contributed by atoms with Gasteiger partial charge in [-0.3, -0.25) is 9.78 Å². The summed E-state index contributed by atoms with van der Waals surface area (Å²) in [6, 6.07) is 2.46. The molecule has 1 saturated heterocycles. The predicted octanol–water partition coefficient (Wildman–Crippen LogP) is 1.49. The lowest BCUT2D eigenvalue weighted by Crippen LogP contribution is -2.67. The fraction of sp³-hybridized carbons (Fsp3) is 0.389. The van der Waals surface area contributed by atoms with E-state index in [2.05, 4.69) is 36.9 Å².